The highest BCUT2D eigenvalue weighted by molar-refractivity contribution is 6.35. The molecule has 6 heteroatoms. The van der Waals surface area contributed by atoms with Gasteiger partial charge in [0, 0.05) is 37.9 Å². The van der Waals surface area contributed by atoms with Crippen molar-refractivity contribution in [3.8, 4) is 0 Å². The molecule has 21 heavy (non-hydrogen) atoms. The summed E-state index contributed by atoms with van der Waals surface area (Å²) in [4.78, 5) is 23.5. The lowest BCUT2D eigenvalue weighted by Gasteiger charge is -2.21. The molecule has 0 spiro atoms. The molecule has 0 radical (unpaired) electrons. The fourth-order valence-corrected chi connectivity index (χ4v) is 2.35. The van der Waals surface area contributed by atoms with Gasteiger partial charge in [-0.3, -0.25) is 14.3 Å². The Morgan fingerprint density at radius 1 is 1.33 bits per heavy atom. The minimum absolute atomic E-state index is 0.137. The van der Waals surface area contributed by atoms with Crippen LogP contribution >= 0.6 is 0 Å². The molecule has 1 fully saturated rings. The number of aromatic nitrogens is 2. The Hall–Kier alpha value is -1.85. The fourth-order valence-electron chi connectivity index (χ4n) is 2.35. The molecule has 1 aromatic heterocycles. The summed E-state index contributed by atoms with van der Waals surface area (Å²) >= 11 is 0. The maximum Gasteiger partial charge on any atom is 0.309 e. The van der Waals surface area contributed by atoms with E-state index in [2.05, 4.69) is 29.6 Å². The Morgan fingerprint density at radius 3 is 2.52 bits per heavy atom. The molecule has 1 aliphatic carbocycles. The highest BCUT2D eigenvalue weighted by atomic mass is 16.2. The third-order valence-corrected chi connectivity index (χ3v) is 3.98. The van der Waals surface area contributed by atoms with Crippen LogP contribution in [0.2, 0.25) is 0 Å². The summed E-state index contributed by atoms with van der Waals surface area (Å²) in [5, 5.41) is 9.57. The van der Waals surface area contributed by atoms with E-state index in [4.69, 9.17) is 0 Å². The normalized spacial score (nSPS) is 15.8. The largest absolute Gasteiger partial charge is 0.348 e. The van der Waals surface area contributed by atoms with Gasteiger partial charge in [-0.05, 0) is 30.7 Å². The minimum atomic E-state index is -0.552. The van der Waals surface area contributed by atoms with Gasteiger partial charge in [0.1, 0.15) is 0 Å². The van der Waals surface area contributed by atoms with E-state index in [-0.39, 0.29) is 5.92 Å². The van der Waals surface area contributed by atoms with Crippen LogP contribution in [-0.2, 0) is 16.6 Å². The van der Waals surface area contributed by atoms with E-state index in [0.717, 1.165) is 18.5 Å². The van der Waals surface area contributed by atoms with Crippen molar-refractivity contribution in [1.82, 2.24) is 20.4 Å². The maximum atomic E-state index is 11.8. The van der Waals surface area contributed by atoms with E-state index in [9.17, 15) is 9.59 Å². The first-order valence-electron chi connectivity index (χ1n) is 7.53. The first-order chi connectivity index (χ1) is 9.99. The SMILES string of the molecule is CC(C)C(CNC(=O)C(=O)NCC1CC1)c1ccnn1C. The molecular weight excluding hydrogens is 268 g/mol. The number of nitrogens with zero attached hydrogens (tertiary/aromatic N) is 2. The smallest absolute Gasteiger partial charge is 0.309 e. The summed E-state index contributed by atoms with van der Waals surface area (Å²) in [5.41, 5.74) is 1.06. The standard InChI is InChI=1S/C15H24N4O2/c1-10(2)12(13-6-7-18-19(13)3)9-17-15(21)14(20)16-8-11-4-5-11/h6-7,10-12H,4-5,8-9H2,1-3H3,(H,16,20)(H,17,21). The summed E-state index contributed by atoms with van der Waals surface area (Å²) in [5.74, 6) is -0.0367. The topological polar surface area (TPSA) is 76.0 Å². The van der Waals surface area contributed by atoms with Crippen LogP contribution in [0.15, 0.2) is 12.3 Å². The van der Waals surface area contributed by atoms with E-state index in [1.807, 2.05) is 17.8 Å². The van der Waals surface area contributed by atoms with Crippen molar-refractivity contribution in [3.63, 3.8) is 0 Å². The van der Waals surface area contributed by atoms with Crippen LogP contribution in [0.4, 0.5) is 0 Å². The van der Waals surface area contributed by atoms with Crippen molar-refractivity contribution in [2.24, 2.45) is 18.9 Å². The third-order valence-electron chi connectivity index (χ3n) is 3.98. The van der Waals surface area contributed by atoms with Gasteiger partial charge in [0.2, 0.25) is 0 Å². The van der Waals surface area contributed by atoms with Crippen molar-refractivity contribution < 1.29 is 9.59 Å². The predicted molar refractivity (Wildman–Crippen MR) is 79.5 cm³/mol. The number of carbonyl (C=O) groups excluding carboxylic acids is 2. The second-order valence-corrected chi connectivity index (χ2v) is 6.09. The molecule has 1 saturated carbocycles. The molecule has 116 valence electrons. The van der Waals surface area contributed by atoms with Crippen molar-refractivity contribution in [1.29, 1.82) is 0 Å². The van der Waals surface area contributed by atoms with Gasteiger partial charge in [0.25, 0.3) is 0 Å². The molecule has 1 atom stereocenters. The number of hydrogen-bond acceptors (Lipinski definition) is 3. The zero-order valence-corrected chi connectivity index (χ0v) is 12.9. The van der Waals surface area contributed by atoms with Crippen LogP contribution in [0.25, 0.3) is 0 Å². The second kappa shape index (κ2) is 6.74. The van der Waals surface area contributed by atoms with Crippen LogP contribution in [0.1, 0.15) is 38.3 Å². The van der Waals surface area contributed by atoms with E-state index in [0.29, 0.717) is 24.9 Å². The van der Waals surface area contributed by atoms with Gasteiger partial charge in [0.15, 0.2) is 0 Å². The molecule has 2 rings (SSSR count). The summed E-state index contributed by atoms with van der Waals surface area (Å²) < 4.78 is 1.81. The van der Waals surface area contributed by atoms with Crippen molar-refractivity contribution in [2.75, 3.05) is 13.1 Å². The Balaban J connectivity index is 1.84. The second-order valence-electron chi connectivity index (χ2n) is 6.09. The summed E-state index contributed by atoms with van der Waals surface area (Å²) in [7, 11) is 1.88. The van der Waals surface area contributed by atoms with Gasteiger partial charge in [0.05, 0.1) is 0 Å². The molecule has 0 aliphatic heterocycles. The van der Waals surface area contributed by atoms with Gasteiger partial charge in [-0.1, -0.05) is 13.8 Å². The molecule has 1 unspecified atom stereocenters. The summed E-state index contributed by atoms with van der Waals surface area (Å²) in [6.07, 6.45) is 4.05. The Morgan fingerprint density at radius 2 is 2.00 bits per heavy atom. The number of aryl methyl sites for hydroxylation is 1. The lowest BCUT2D eigenvalue weighted by atomic mass is 9.92. The molecule has 1 aromatic rings. The van der Waals surface area contributed by atoms with Gasteiger partial charge < -0.3 is 10.6 Å². The van der Waals surface area contributed by atoms with Crippen molar-refractivity contribution >= 4 is 11.8 Å². The highest BCUT2D eigenvalue weighted by Gasteiger charge is 2.24. The lowest BCUT2D eigenvalue weighted by molar-refractivity contribution is -0.139. The number of carbonyl (C=O) groups is 2. The fraction of sp³-hybridized carbons (Fsp3) is 0.667. The monoisotopic (exact) mass is 292 g/mol. The molecule has 0 bridgehead atoms. The maximum absolute atomic E-state index is 11.8. The van der Waals surface area contributed by atoms with E-state index < -0.39 is 11.8 Å². The third kappa shape index (κ3) is 4.31. The van der Waals surface area contributed by atoms with Crippen LogP contribution in [0, 0.1) is 11.8 Å². The quantitative estimate of drug-likeness (QED) is 0.762. The molecule has 0 saturated heterocycles. The number of nitrogens with one attached hydrogen (secondary N) is 2. The van der Waals surface area contributed by atoms with E-state index >= 15 is 0 Å². The van der Waals surface area contributed by atoms with E-state index in [1.165, 1.54) is 0 Å². The summed E-state index contributed by atoms with van der Waals surface area (Å²) in [6.45, 7) is 5.24. The van der Waals surface area contributed by atoms with Gasteiger partial charge in [-0.25, -0.2) is 0 Å². The average Bonchev–Trinajstić information content (AvgIpc) is 3.18. The van der Waals surface area contributed by atoms with E-state index in [1.54, 1.807) is 6.20 Å². The average molecular weight is 292 g/mol. The molecule has 1 heterocycles. The highest BCUT2D eigenvalue weighted by Crippen LogP contribution is 2.27. The summed E-state index contributed by atoms with van der Waals surface area (Å²) in [6, 6.07) is 1.95. The van der Waals surface area contributed by atoms with Gasteiger partial charge >= 0.3 is 11.8 Å². The number of amides is 2. The van der Waals surface area contributed by atoms with Gasteiger partial charge in [-0.15, -0.1) is 0 Å². The molecule has 2 amide bonds. The van der Waals surface area contributed by atoms with Crippen molar-refractivity contribution in [2.45, 2.75) is 32.6 Å². The molecule has 6 nitrogen and oxygen atoms in total. The van der Waals surface area contributed by atoms with Crippen LogP contribution in [-0.4, -0.2) is 34.7 Å². The van der Waals surface area contributed by atoms with Crippen LogP contribution in [0.3, 0.4) is 0 Å². The predicted octanol–water partition coefficient (Wildman–Crippen LogP) is 0.802. The lowest BCUT2D eigenvalue weighted by Crippen LogP contribution is -2.42. The molecule has 0 aromatic carbocycles. The zero-order valence-electron chi connectivity index (χ0n) is 12.9. The molecule has 1 aliphatic rings. The van der Waals surface area contributed by atoms with Crippen molar-refractivity contribution in [3.05, 3.63) is 18.0 Å². The first kappa shape index (κ1) is 15.5. The zero-order chi connectivity index (χ0) is 15.4. The van der Waals surface area contributed by atoms with Crippen LogP contribution < -0.4 is 10.6 Å². The number of rotatable bonds is 6. The first-order valence-corrected chi connectivity index (χ1v) is 7.53. The molecule has 2 N–H and O–H groups in total. The Kier molecular flexibility index (Phi) is 4.98. The van der Waals surface area contributed by atoms with Crippen LogP contribution in [0.5, 0.6) is 0 Å². The van der Waals surface area contributed by atoms with Gasteiger partial charge in [-0.2, -0.15) is 5.10 Å². The Bertz CT molecular complexity index is 506. The number of hydrogen-bond donors (Lipinski definition) is 2. The minimum Gasteiger partial charge on any atom is -0.348 e. The Labute approximate surface area is 125 Å². The molecular formula is C15H24N4O2.